The normalized spacial score (nSPS) is 17.0. The van der Waals surface area contributed by atoms with E-state index in [1.807, 2.05) is 10.7 Å². The Balaban J connectivity index is 1.67. The lowest BCUT2D eigenvalue weighted by Crippen LogP contribution is -2.37. The molecule has 0 radical (unpaired) electrons. The number of hydrogen-bond donors (Lipinski definition) is 1. The van der Waals surface area contributed by atoms with Gasteiger partial charge in [0, 0.05) is 19.3 Å². The van der Waals surface area contributed by atoms with Crippen molar-refractivity contribution in [3.63, 3.8) is 0 Å². The van der Waals surface area contributed by atoms with Crippen LogP contribution in [0, 0.1) is 12.8 Å². The van der Waals surface area contributed by atoms with Gasteiger partial charge in [0.25, 0.3) is 0 Å². The van der Waals surface area contributed by atoms with E-state index in [9.17, 15) is 0 Å². The Morgan fingerprint density at radius 2 is 2.15 bits per heavy atom. The summed E-state index contributed by atoms with van der Waals surface area (Å²) in [5.41, 5.74) is 2.16. The third kappa shape index (κ3) is 2.77. The van der Waals surface area contributed by atoms with Crippen LogP contribution in [0.15, 0.2) is 18.3 Å². The zero-order chi connectivity index (χ0) is 13.9. The molecule has 2 aromatic heterocycles. The zero-order valence-corrected chi connectivity index (χ0v) is 12.3. The lowest BCUT2D eigenvalue weighted by atomic mass is 9.97. The molecule has 1 aliphatic heterocycles. The van der Waals surface area contributed by atoms with E-state index >= 15 is 0 Å². The minimum Gasteiger partial charge on any atom is -0.339 e. The van der Waals surface area contributed by atoms with Crippen LogP contribution in [-0.2, 0) is 0 Å². The monoisotopic (exact) mass is 273 g/mol. The van der Waals surface area contributed by atoms with Gasteiger partial charge in [-0.3, -0.25) is 0 Å². The maximum Gasteiger partial charge on any atom is 0.245 e. The van der Waals surface area contributed by atoms with Crippen LogP contribution in [0.25, 0.3) is 5.65 Å². The quantitative estimate of drug-likeness (QED) is 0.923. The fourth-order valence-corrected chi connectivity index (χ4v) is 2.79. The van der Waals surface area contributed by atoms with E-state index in [2.05, 4.69) is 46.3 Å². The van der Waals surface area contributed by atoms with Gasteiger partial charge >= 0.3 is 0 Å². The summed E-state index contributed by atoms with van der Waals surface area (Å²) in [6.07, 6.45) is 4.43. The number of hydrogen-bond acceptors (Lipinski definition) is 4. The first-order chi connectivity index (χ1) is 9.76. The van der Waals surface area contributed by atoms with Gasteiger partial charge in [-0.15, -0.1) is 5.10 Å². The predicted octanol–water partition coefficient (Wildman–Crippen LogP) is 1.86. The number of fused-ring (bicyclic) bond motifs is 1. The summed E-state index contributed by atoms with van der Waals surface area (Å²) in [5.74, 6) is 1.67. The highest BCUT2D eigenvalue weighted by Gasteiger charge is 2.21. The van der Waals surface area contributed by atoms with E-state index < -0.39 is 0 Å². The van der Waals surface area contributed by atoms with Crippen LogP contribution < -0.4 is 10.2 Å². The van der Waals surface area contributed by atoms with Crippen molar-refractivity contribution in [3.05, 3.63) is 23.9 Å². The molecular formula is C15H23N5. The second kappa shape index (κ2) is 5.79. The van der Waals surface area contributed by atoms with Crippen LogP contribution >= 0.6 is 0 Å². The fraction of sp³-hybridized carbons (Fsp3) is 0.600. The molecule has 0 aliphatic carbocycles. The molecule has 0 atom stereocenters. The van der Waals surface area contributed by atoms with Gasteiger partial charge in [-0.2, -0.15) is 4.98 Å². The van der Waals surface area contributed by atoms with Crippen LogP contribution in [0.2, 0.25) is 0 Å². The molecule has 108 valence electrons. The average molecular weight is 273 g/mol. The second-order valence-electron chi connectivity index (χ2n) is 5.66. The summed E-state index contributed by atoms with van der Waals surface area (Å²) in [6.45, 7) is 8.58. The molecule has 0 bridgehead atoms. The molecular weight excluding hydrogens is 250 g/mol. The molecule has 1 aliphatic rings. The Bertz CT molecular complexity index is 569. The highest BCUT2D eigenvalue weighted by molar-refractivity contribution is 5.46. The molecule has 1 N–H and O–H groups in total. The first-order valence-corrected chi connectivity index (χ1v) is 7.55. The number of pyridine rings is 1. The first kappa shape index (κ1) is 13.4. The van der Waals surface area contributed by atoms with Crippen LogP contribution in [0.5, 0.6) is 0 Å². The highest BCUT2D eigenvalue weighted by atomic mass is 15.4. The van der Waals surface area contributed by atoms with Crippen molar-refractivity contribution in [1.82, 2.24) is 19.9 Å². The summed E-state index contributed by atoms with van der Waals surface area (Å²) in [5, 5.41) is 8.03. The van der Waals surface area contributed by atoms with Gasteiger partial charge in [0.1, 0.15) is 0 Å². The van der Waals surface area contributed by atoms with Gasteiger partial charge in [0.2, 0.25) is 5.95 Å². The SMILES string of the molecule is CCNCC1CCN(c2nc3cc(C)ccn3n2)CC1. The third-order valence-corrected chi connectivity index (χ3v) is 4.06. The summed E-state index contributed by atoms with van der Waals surface area (Å²) in [7, 11) is 0. The summed E-state index contributed by atoms with van der Waals surface area (Å²) in [6, 6.07) is 4.14. The molecule has 0 spiro atoms. The summed E-state index contributed by atoms with van der Waals surface area (Å²) >= 11 is 0. The predicted molar refractivity (Wildman–Crippen MR) is 81.2 cm³/mol. The number of aromatic nitrogens is 3. The van der Waals surface area contributed by atoms with Crippen LogP contribution in [-0.4, -0.2) is 40.8 Å². The fourth-order valence-electron chi connectivity index (χ4n) is 2.79. The van der Waals surface area contributed by atoms with Crippen molar-refractivity contribution in [2.45, 2.75) is 26.7 Å². The molecule has 0 amide bonds. The molecule has 3 heterocycles. The topological polar surface area (TPSA) is 45.5 Å². The van der Waals surface area contributed by atoms with Crippen molar-refractivity contribution < 1.29 is 0 Å². The number of nitrogens with zero attached hydrogens (tertiary/aromatic N) is 4. The molecule has 0 aromatic carbocycles. The van der Waals surface area contributed by atoms with Crippen LogP contribution in [0.1, 0.15) is 25.3 Å². The Kier molecular flexibility index (Phi) is 3.87. The molecule has 5 heteroatoms. The minimum atomic E-state index is 0.797. The number of rotatable bonds is 4. The van der Waals surface area contributed by atoms with E-state index in [1.54, 1.807) is 0 Å². The molecule has 5 nitrogen and oxygen atoms in total. The van der Waals surface area contributed by atoms with Gasteiger partial charge in [0.15, 0.2) is 5.65 Å². The van der Waals surface area contributed by atoms with E-state index in [0.29, 0.717) is 0 Å². The maximum atomic E-state index is 4.65. The minimum absolute atomic E-state index is 0.797. The molecule has 0 unspecified atom stereocenters. The number of piperidine rings is 1. The van der Waals surface area contributed by atoms with Gasteiger partial charge in [-0.05, 0) is 56.5 Å². The number of aryl methyl sites for hydroxylation is 1. The molecule has 3 rings (SSSR count). The maximum absolute atomic E-state index is 4.65. The van der Waals surface area contributed by atoms with Gasteiger partial charge < -0.3 is 10.2 Å². The average Bonchev–Trinajstić information content (AvgIpc) is 2.88. The molecule has 20 heavy (non-hydrogen) atoms. The van der Waals surface area contributed by atoms with Crippen molar-refractivity contribution in [3.8, 4) is 0 Å². The zero-order valence-electron chi connectivity index (χ0n) is 12.3. The Morgan fingerprint density at radius 1 is 1.35 bits per heavy atom. The van der Waals surface area contributed by atoms with Gasteiger partial charge in [-0.25, -0.2) is 4.52 Å². The van der Waals surface area contributed by atoms with Crippen LogP contribution in [0.4, 0.5) is 5.95 Å². The Labute approximate surface area is 120 Å². The second-order valence-corrected chi connectivity index (χ2v) is 5.66. The third-order valence-electron chi connectivity index (χ3n) is 4.06. The lowest BCUT2D eigenvalue weighted by Gasteiger charge is -2.31. The number of anilines is 1. The largest absolute Gasteiger partial charge is 0.339 e. The van der Waals surface area contributed by atoms with Crippen molar-refractivity contribution in [2.24, 2.45) is 5.92 Å². The molecule has 2 aromatic rings. The molecule has 1 fully saturated rings. The van der Waals surface area contributed by atoms with E-state index in [1.165, 1.54) is 18.4 Å². The van der Waals surface area contributed by atoms with E-state index in [4.69, 9.17) is 0 Å². The van der Waals surface area contributed by atoms with Crippen LogP contribution in [0.3, 0.4) is 0 Å². The standard InChI is InChI=1S/C15H23N5/c1-3-16-11-13-5-7-19(8-6-13)15-17-14-10-12(2)4-9-20(14)18-15/h4,9-10,13,16H,3,5-8,11H2,1-2H3. The Morgan fingerprint density at radius 3 is 2.90 bits per heavy atom. The first-order valence-electron chi connectivity index (χ1n) is 7.55. The van der Waals surface area contributed by atoms with E-state index in [0.717, 1.165) is 43.7 Å². The summed E-state index contributed by atoms with van der Waals surface area (Å²) in [4.78, 5) is 6.96. The summed E-state index contributed by atoms with van der Waals surface area (Å²) < 4.78 is 1.87. The molecule has 0 saturated carbocycles. The van der Waals surface area contributed by atoms with Crippen molar-refractivity contribution in [2.75, 3.05) is 31.1 Å². The van der Waals surface area contributed by atoms with Gasteiger partial charge in [0.05, 0.1) is 0 Å². The number of nitrogens with one attached hydrogen (secondary N) is 1. The molecule has 1 saturated heterocycles. The van der Waals surface area contributed by atoms with Crippen molar-refractivity contribution in [1.29, 1.82) is 0 Å². The Hall–Kier alpha value is -1.62. The smallest absolute Gasteiger partial charge is 0.245 e. The van der Waals surface area contributed by atoms with Crippen molar-refractivity contribution >= 4 is 11.6 Å². The van der Waals surface area contributed by atoms with Gasteiger partial charge in [-0.1, -0.05) is 6.92 Å². The highest BCUT2D eigenvalue weighted by Crippen LogP contribution is 2.21. The lowest BCUT2D eigenvalue weighted by molar-refractivity contribution is 0.384. The van der Waals surface area contributed by atoms with E-state index in [-0.39, 0.29) is 0 Å².